The van der Waals surface area contributed by atoms with Crippen LogP contribution in [0.3, 0.4) is 0 Å². The molecule has 0 aliphatic rings. The van der Waals surface area contributed by atoms with Gasteiger partial charge in [0.05, 0.1) is 12.6 Å². The van der Waals surface area contributed by atoms with Crippen LogP contribution in [0.1, 0.15) is 40.0 Å². The van der Waals surface area contributed by atoms with Crippen molar-refractivity contribution in [2.75, 3.05) is 13.2 Å². The zero-order chi connectivity index (χ0) is 24.1. The van der Waals surface area contributed by atoms with Gasteiger partial charge in [-0.15, -0.1) is 0 Å². The summed E-state index contributed by atoms with van der Waals surface area (Å²) in [5, 5.41) is 25.4. The van der Waals surface area contributed by atoms with Gasteiger partial charge in [0.2, 0.25) is 17.7 Å². The topological polar surface area (TPSA) is 235 Å². The third-order valence-electron chi connectivity index (χ3n) is 4.64. The van der Waals surface area contributed by atoms with Gasteiger partial charge in [-0.1, -0.05) is 20.3 Å². The summed E-state index contributed by atoms with van der Waals surface area (Å²) in [5.74, 6) is -3.77. The molecule has 0 radical (unpaired) electrons. The van der Waals surface area contributed by atoms with E-state index in [0.29, 0.717) is 19.4 Å². The summed E-state index contributed by atoms with van der Waals surface area (Å²) in [7, 11) is 0. The van der Waals surface area contributed by atoms with Gasteiger partial charge < -0.3 is 43.4 Å². The molecule has 0 saturated heterocycles. The van der Waals surface area contributed by atoms with Crippen molar-refractivity contribution < 1.29 is 29.4 Å². The van der Waals surface area contributed by atoms with E-state index in [-0.39, 0.29) is 18.3 Å². The maximum absolute atomic E-state index is 12.7. The average Bonchev–Trinajstić information content (AvgIpc) is 2.71. The van der Waals surface area contributed by atoms with Crippen molar-refractivity contribution >= 4 is 29.7 Å². The van der Waals surface area contributed by atoms with Crippen LogP contribution in [-0.4, -0.2) is 77.2 Å². The van der Waals surface area contributed by atoms with Crippen molar-refractivity contribution in [3.8, 4) is 0 Å². The standard InChI is InChI=1S/C18H35N7O6/c1-4-9(2)13(25-14(27)11(19)6-5-7-22-18(20)21)16(29)24-12(8-26)15(28)23-10(3)17(30)31/h9-13,26H,4-8,19H2,1-3H3,(H,23,28)(H,24,29)(H,25,27)(H,30,31)(H4,20,21,22). The molecule has 0 heterocycles. The molecule has 0 aromatic carbocycles. The van der Waals surface area contributed by atoms with E-state index in [0.717, 1.165) is 0 Å². The number of hydrogen-bond acceptors (Lipinski definition) is 7. The zero-order valence-corrected chi connectivity index (χ0v) is 18.1. The number of carbonyl (C=O) groups is 4. The number of nitrogens with one attached hydrogen (secondary N) is 3. The lowest BCUT2D eigenvalue weighted by Gasteiger charge is -2.27. The lowest BCUT2D eigenvalue weighted by Crippen LogP contribution is -2.59. The molecule has 0 saturated carbocycles. The first-order chi connectivity index (χ1) is 14.4. The molecule has 178 valence electrons. The number of hydrogen-bond donors (Lipinski definition) is 8. The van der Waals surface area contributed by atoms with E-state index < -0.39 is 54.5 Å². The second-order valence-corrected chi connectivity index (χ2v) is 7.24. The van der Waals surface area contributed by atoms with Gasteiger partial charge in [-0.05, 0) is 25.7 Å². The molecule has 5 atom stereocenters. The van der Waals surface area contributed by atoms with E-state index in [4.69, 9.17) is 22.3 Å². The third kappa shape index (κ3) is 10.6. The van der Waals surface area contributed by atoms with Gasteiger partial charge in [-0.2, -0.15) is 0 Å². The second-order valence-electron chi connectivity index (χ2n) is 7.24. The van der Waals surface area contributed by atoms with Crippen molar-refractivity contribution in [1.29, 1.82) is 0 Å². The van der Waals surface area contributed by atoms with E-state index in [9.17, 15) is 24.3 Å². The first-order valence-electron chi connectivity index (χ1n) is 10.00. The number of guanidine groups is 1. The Morgan fingerprint density at radius 2 is 1.61 bits per heavy atom. The second kappa shape index (κ2) is 14.1. The number of aliphatic carboxylic acids is 1. The van der Waals surface area contributed by atoms with Crippen molar-refractivity contribution in [2.24, 2.45) is 28.1 Å². The van der Waals surface area contributed by atoms with Crippen LogP contribution in [0.4, 0.5) is 0 Å². The molecule has 0 rings (SSSR count). The first-order valence-corrected chi connectivity index (χ1v) is 10.00. The van der Waals surface area contributed by atoms with Crippen LogP contribution in [0.25, 0.3) is 0 Å². The predicted molar refractivity (Wildman–Crippen MR) is 114 cm³/mol. The van der Waals surface area contributed by atoms with Crippen LogP contribution in [0.15, 0.2) is 4.99 Å². The smallest absolute Gasteiger partial charge is 0.325 e. The van der Waals surface area contributed by atoms with Gasteiger partial charge in [0.1, 0.15) is 18.1 Å². The van der Waals surface area contributed by atoms with Crippen LogP contribution in [0.5, 0.6) is 0 Å². The average molecular weight is 446 g/mol. The van der Waals surface area contributed by atoms with Crippen molar-refractivity contribution in [1.82, 2.24) is 16.0 Å². The predicted octanol–water partition coefficient (Wildman–Crippen LogP) is -3.04. The minimum atomic E-state index is -1.38. The summed E-state index contributed by atoms with van der Waals surface area (Å²) in [6.45, 7) is 4.34. The van der Waals surface area contributed by atoms with E-state index in [1.54, 1.807) is 6.92 Å². The number of nitrogens with zero attached hydrogens (tertiary/aromatic N) is 1. The summed E-state index contributed by atoms with van der Waals surface area (Å²) >= 11 is 0. The molecule has 11 N–H and O–H groups in total. The summed E-state index contributed by atoms with van der Waals surface area (Å²) < 4.78 is 0. The van der Waals surface area contributed by atoms with Crippen molar-refractivity contribution in [3.05, 3.63) is 0 Å². The SMILES string of the molecule is CCC(C)C(NC(=O)C(N)CCCN=C(N)N)C(=O)NC(CO)C(=O)NC(C)C(=O)O. The maximum atomic E-state index is 12.7. The fraction of sp³-hybridized carbons (Fsp3) is 0.722. The van der Waals surface area contributed by atoms with Crippen LogP contribution < -0.4 is 33.2 Å². The highest BCUT2D eigenvalue weighted by atomic mass is 16.4. The molecule has 0 aliphatic carbocycles. The van der Waals surface area contributed by atoms with Gasteiger partial charge in [-0.25, -0.2) is 0 Å². The highest BCUT2D eigenvalue weighted by Gasteiger charge is 2.31. The van der Waals surface area contributed by atoms with Gasteiger partial charge >= 0.3 is 5.97 Å². The van der Waals surface area contributed by atoms with Gasteiger partial charge in [0.25, 0.3) is 0 Å². The maximum Gasteiger partial charge on any atom is 0.325 e. The number of aliphatic imine (C=N–C) groups is 1. The highest BCUT2D eigenvalue weighted by Crippen LogP contribution is 2.09. The lowest BCUT2D eigenvalue weighted by atomic mass is 9.97. The minimum Gasteiger partial charge on any atom is -0.480 e. The molecule has 13 heteroatoms. The number of nitrogens with two attached hydrogens (primary N) is 3. The molecular formula is C18H35N7O6. The van der Waals surface area contributed by atoms with Crippen LogP contribution in [0.2, 0.25) is 0 Å². The molecular weight excluding hydrogens is 410 g/mol. The highest BCUT2D eigenvalue weighted by molar-refractivity contribution is 5.94. The largest absolute Gasteiger partial charge is 0.480 e. The van der Waals surface area contributed by atoms with Crippen molar-refractivity contribution in [3.63, 3.8) is 0 Å². The normalized spacial score (nSPS) is 15.5. The number of aliphatic hydroxyl groups excluding tert-OH is 1. The Morgan fingerprint density at radius 3 is 2.10 bits per heavy atom. The van der Waals surface area contributed by atoms with Gasteiger partial charge in [-0.3, -0.25) is 24.2 Å². The number of carbonyl (C=O) groups excluding carboxylic acids is 3. The van der Waals surface area contributed by atoms with Gasteiger partial charge in [0, 0.05) is 6.54 Å². The molecule has 0 fully saturated rings. The Morgan fingerprint density at radius 1 is 1.00 bits per heavy atom. The molecule has 0 aromatic rings. The fourth-order valence-electron chi connectivity index (χ4n) is 2.44. The Hall–Kier alpha value is -2.93. The Balaban J connectivity index is 5.06. The number of carboxylic acids is 1. The molecule has 0 bridgehead atoms. The first kappa shape index (κ1) is 28.1. The minimum absolute atomic E-state index is 0.0632. The number of carboxylic acid groups (broad SMARTS) is 1. The molecule has 13 nitrogen and oxygen atoms in total. The number of amides is 3. The van der Waals surface area contributed by atoms with E-state index in [1.165, 1.54) is 6.92 Å². The zero-order valence-electron chi connectivity index (χ0n) is 18.1. The molecule has 0 aromatic heterocycles. The Labute approximate surface area is 181 Å². The van der Waals surface area contributed by atoms with Crippen molar-refractivity contribution in [2.45, 2.75) is 64.2 Å². The summed E-state index contributed by atoms with van der Waals surface area (Å²) in [4.78, 5) is 51.9. The summed E-state index contributed by atoms with van der Waals surface area (Å²) in [6, 6.07) is -4.51. The Kier molecular flexibility index (Phi) is 12.8. The van der Waals surface area contributed by atoms with Crippen LogP contribution in [0, 0.1) is 5.92 Å². The lowest BCUT2D eigenvalue weighted by molar-refractivity contribution is -0.142. The molecule has 5 unspecified atom stereocenters. The fourth-order valence-corrected chi connectivity index (χ4v) is 2.44. The molecule has 0 spiro atoms. The number of rotatable bonds is 14. The molecule has 0 aliphatic heterocycles. The monoisotopic (exact) mass is 445 g/mol. The van der Waals surface area contributed by atoms with E-state index in [1.807, 2.05) is 6.92 Å². The molecule has 3 amide bonds. The quantitative estimate of drug-likeness (QED) is 0.0769. The van der Waals surface area contributed by atoms with Crippen LogP contribution >= 0.6 is 0 Å². The van der Waals surface area contributed by atoms with Gasteiger partial charge in [0.15, 0.2) is 5.96 Å². The summed E-state index contributed by atoms with van der Waals surface area (Å²) in [5.41, 5.74) is 16.3. The van der Waals surface area contributed by atoms with E-state index >= 15 is 0 Å². The third-order valence-corrected chi connectivity index (χ3v) is 4.64. The van der Waals surface area contributed by atoms with E-state index in [2.05, 4.69) is 20.9 Å². The Bertz CT molecular complexity index is 653. The molecule has 31 heavy (non-hydrogen) atoms. The number of aliphatic hydroxyl groups is 1. The summed E-state index contributed by atoms with van der Waals surface area (Å²) in [6.07, 6.45) is 1.28. The van der Waals surface area contributed by atoms with Crippen LogP contribution in [-0.2, 0) is 19.2 Å².